The average molecular weight is 484 g/mol. The lowest BCUT2D eigenvalue weighted by atomic mass is 10.1. The molecule has 0 heterocycles. The summed E-state index contributed by atoms with van der Waals surface area (Å²) in [5.41, 5.74) is -0.317. The Bertz CT molecular complexity index is 1320. The van der Waals surface area contributed by atoms with Gasteiger partial charge in [-0.05, 0) is 49.4 Å². The van der Waals surface area contributed by atoms with Gasteiger partial charge in [0.15, 0.2) is 12.4 Å². The molecule has 3 rings (SSSR count). The molecule has 1 N–H and O–H groups in total. The lowest BCUT2D eigenvalue weighted by molar-refractivity contribution is -0.385. The third-order valence-electron chi connectivity index (χ3n) is 4.55. The van der Waals surface area contributed by atoms with E-state index in [1.807, 2.05) is 6.92 Å². The second kappa shape index (κ2) is 10.6. The number of nitro groups is 1. The number of esters is 1. The van der Waals surface area contributed by atoms with Crippen molar-refractivity contribution < 1.29 is 32.4 Å². The first kappa shape index (κ1) is 24.4. The van der Waals surface area contributed by atoms with Gasteiger partial charge in [0.1, 0.15) is 5.75 Å². The summed E-state index contributed by atoms with van der Waals surface area (Å²) in [7, 11) is -4.25. The molecule has 0 unspecified atom stereocenters. The topological polar surface area (TPSA) is 142 Å². The van der Waals surface area contributed by atoms with E-state index in [1.165, 1.54) is 36.4 Å². The van der Waals surface area contributed by atoms with Crippen molar-refractivity contribution in [2.75, 3.05) is 17.9 Å². The van der Waals surface area contributed by atoms with Gasteiger partial charge in [-0.3, -0.25) is 19.6 Å². The maximum Gasteiger partial charge on any atom is 0.340 e. The van der Waals surface area contributed by atoms with Gasteiger partial charge < -0.3 is 9.47 Å². The molecule has 3 aromatic rings. The van der Waals surface area contributed by atoms with Gasteiger partial charge in [0, 0.05) is 17.7 Å². The molecule has 0 saturated heterocycles. The van der Waals surface area contributed by atoms with E-state index in [4.69, 9.17) is 9.47 Å². The number of hydrogen-bond acceptors (Lipinski definition) is 8. The molecule has 0 radical (unpaired) electrons. The quantitative estimate of drug-likeness (QED) is 0.198. The summed E-state index contributed by atoms with van der Waals surface area (Å²) in [6, 6.07) is 16.5. The highest BCUT2D eigenvalue weighted by Crippen LogP contribution is 2.23. The van der Waals surface area contributed by atoms with Crippen LogP contribution in [0.4, 0.5) is 11.4 Å². The molecule has 0 amide bonds. The zero-order valence-corrected chi connectivity index (χ0v) is 18.8. The van der Waals surface area contributed by atoms with E-state index in [0.29, 0.717) is 17.9 Å². The second-order valence-corrected chi connectivity index (χ2v) is 8.54. The normalized spacial score (nSPS) is 10.9. The summed E-state index contributed by atoms with van der Waals surface area (Å²) in [6.45, 7) is 1.76. The van der Waals surface area contributed by atoms with Crippen molar-refractivity contribution in [1.82, 2.24) is 0 Å². The zero-order valence-electron chi connectivity index (χ0n) is 18.0. The van der Waals surface area contributed by atoms with E-state index in [0.717, 1.165) is 12.1 Å². The Balaban J connectivity index is 1.73. The van der Waals surface area contributed by atoms with Gasteiger partial charge in [0.2, 0.25) is 0 Å². The molecule has 11 heteroatoms. The molecule has 34 heavy (non-hydrogen) atoms. The third-order valence-corrected chi connectivity index (χ3v) is 5.91. The number of benzene rings is 3. The number of sulfonamides is 1. The highest BCUT2D eigenvalue weighted by molar-refractivity contribution is 7.92. The minimum Gasteiger partial charge on any atom is -0.494 e. The molecule has 0 aromatic heterocycles. The van der Waals surface area contributed by atoms with Crippen LogP contribution in [-0.2, 0) is 14.8 Å². The Labute approximate surface area is 195 Å². The number of ether oxygens (including phenoxy) is 2. The van der Waals surface area contributed by atoms with Crippen LogP contribution in [-0.4, -0.2) is 38.3 Å². The number of carbonyl (C=O) groups is 2. The van der Waals surface area contributed by atoms with Crippen LogP contribution in [0.1, 0.15) is 27.6 Å². The van der Waals surface area contributed by atoms with Gasteiger partial charge in [-0.25, -0.2) is 13.2 Å². The van der Waals surface area contributed by atoms with Crippen LogP contribution in [0.5, 0.6) is 5.75 Å². The van der Waals surface area contributed by atoms with Crippen molar-refractivity contribution in [3.05, 3.63) is 94.0 Å². The summed E-state index contributed by atoms with van der Waals surface area (Å²) >= 11 is 0. The molecular formula is C23H20N2O8S. The Kier molecular flexibility index (Phi) is 7.59. The maximum absolute atomic E-state index is 12.7. The van der Waals surface area contributed by atoms with E-state index in [1.54, 1.807) is 24.3 Å². The first-order valence-electron chi connectivity index (χ1n) is 10.0. The molecule has 0 aliphatic carbocycles. The van der Waals surface area contributed by atoms with Gasteiger partial charge in [0.05, 0.1) is 27.7 Å². The van der Waals surface area contributed by atoms with E-state index >= 15 is 0 Å². The Morgan fingerprint density at radius 3 is 2.38 bits per heavy atom. The Morgan fingerprint density at radius 2 is 1.71 bits per heavy atom. The highest BCUT2D eigenvalue weighted by Gasteiger charge is 2.22. The molecule has 0 fully saturated rings. The molecule has 0 saturated carbocycles. The number of hydrogen-bond donors (Lipinski definition) is 1. The first-order chi connectivity index (χ1) is 16.2. The van der Waals surface area contributed by atoms with Crippen molar-refractivity contribution in [3.8, 4) is 5.75 Å². The number of para-hydroxylation sites is 1. The number of ketones is 1. The largest absolute Gasteiger partial charge is 0.494 e. The first-order valence-corrected chi connectivity index (χ1v) is 11.5. The predicted octanol–water partition coefficient (Wildman–Crippen LogP) is 3.83. The number of anilines is 1. The fourth-order valence-corrected chi connectivity index (χ4v) is 4.03. The SMILES string of the molecule is CCOc1ccc(C(=O)COC(=O)c2ccccc2NS(=O)(=O)c2cccc([N+](=O)[O-])c2)cc1. The van der Waals surface area contributed by atoms with Crippen LogP contribution in [0.25, 0.3) is 0 Å². The molecule has 0 aliphatic heterocycles. The molecule has 0 bridgehead atoms. The van der Waals surface area contributed by atoms with Crippen LogP contribution >= 0.6 is 0 Å². The number of Topliss-reactive ketones (excluding diaryl/α,β-unsaturated/α-hetero) is 1. The third kappa shape index (κ3) is 5.95. The van der Waals surface area contributed by atoms with E-state index < -0.39 is 39.0 Å². The van der Waals surface area contributed by atoms with E-state index in [-0.39, 0.29) is 16.1 Å². The van der Waals surface area contributed by atoms with E-state index in [9.17, 15) is 28.1 Å². The standard InChI is InChI=1S/C23H20N2O8S/c1-2-32-18-12-10-16(11-13-18)22(26)15-33-23(27)20-8-3-4-9-21(20)24-34(30,31)19-7-5-6-17(14-19)25(28)29/h3-14,24H,2,15H2,1H3. The summed E-state index contributed by atoms with van der Waals surface area (Å²) in [6.07, 6.45) is 0. The molecule has 0 aliphatic rings. The molecule has 176 valence electrons. The summed E-state index contributed by atoms with van der Waals surface area (Å²) < 4.78 is 38.1. The van der Waals surface area contributed by atoms with Crippen LogP contribution in [0.15, 0.2) is 77.7 Å². The van der Waals surface area contributed by atoms with Gasteiger partial charge in [0.25, 0.3) is 15.7 Å². The van der Waals surface area contributed by atoms with Crippen molar-refractivity contribution in [2.45, 2.75) is 11.8 Å². The van der Waals surface area contributed by atoms with Crippen molar-refractivity contribution in [2.24, 2.45) is 0 Å². The van der Waals surface area contributed by atoms with Crippen LogP contribution in [0, 0.1) is 10.1 Å². The molecule has 3 aromatic carbocycles. The molecular weight excluding hydrogens is 464 g/mol. The maximum atomic E-state index is 12.7. The number of nitrogens with one attached hydrogen (secondary N) is 1. The minimum absolute atomic E-state index is 0.104. The van der Waals surface area contributed by atoms with Gasteiger partial charge >= 0.3 is 5.97 Å². The van der Waals surface area contributed by atoms with Crippen LogP contribution in [0.3, 0.4) is 0 Å². The monoisotopic (exact) mass is 484 g/mol. The van der Waals surface area contributed by atoms with Crippen LogP contribution < -0.4 is 9.46 Å². The average Bonchev–Trinajstić information content (AvgIpc) is 2.83. The highest BCUT2D eigenvalue weighted by atomic mass is 32.2. The number of carbonyl (C=O) groups excluding carboxylic acids is 2. The van der Waals surface area contributed by atoms with Crippen molar-refractivity contribution >= 4 is 33.2 Å². The molecule has 0 atom stereocenters. The molecule has 10 nitrogen and oxygen atoms in total. The lowest BCUT2D eigenvalue weighted by Gasteiger charge is -2.12. The fourth-order valence-electron chi connectivity index (χ4n) is 2.91. The summed E-state index contributed by atoms with van der Waals surface area (Å²) in [5.74, 6) is -0.774. The minimum atomic E-state index is -4.25. The van der Waals surface area contributed by atoms with Gasteiger partial charge in [-0.15, -0.1) is 0 Å². The summed E-state index contributed by atoms with van der Waals surface area (Å²) in [4.78, 5) is 34.8. The number of nitrogens with zero attached hydrogens (tertiary/aromatic N) is 1. The fraction of sp³-hybridized carbons (Fsp3) is 0.130. The van der Waals surface area contributed by atoms with Crippen LogP contribution in [0.2, 0.25) is 0 Å². The predicted molar refractivity (Wildman–Crippen MR) is 123 cm³/mol. The Hall–Kier alpha value is -4.25. The van der Waals surface area contributed by atoms with Crippen molar-refractivity contribution in [1.29, 1.82) is 0 Å². The van der Waals surface area contributed by atoms with Gasteiger partial charge in [-0.1, -0.05) is 18.2 Å². The summed E-state index contributed by atoms with van der Waals surface area (Å²) in [5, 5.41) is 11.0. The van der Waals surface area contributed by atoms with E-state index in [2.05, 4.69) is 4.72 Å². The number of rotatable bonds is 10. The number of non-ortho nitro benzene ring substituents is 1. The van der Waals surface area contributed by atoms with Crippen molar-refractivity contribution in [3.63, 3.8) is 0 Å². The van der Waals surface area contributed by atoms with Gasteiger partial charge in [-0.2, -0.15) is 0 Å². The Morgan fingerprint density at radius 1 is 1.00 bits per heavy atom. The molecule has 0 spiro atoms. The smallest absolute Gasteiger partial charge is 0.340 e. The second-order valence-electron chi connectivity index (χ2n) is 6.86. The number of nitro benzene ring substituents is 1. The lowest BCUT2D eigenvalue weighted by Crippen LogP contribution is -2.18. The zero-order chi connectivity index (χ0) is 24.7.